The molecule has 0 aliphatic carbocycles. The summed E-state index contributed by atoms with van der Waals surface area (Å²) in [5, 5.41) is 1.06. The lowest BCUT2D eigenvalue weighted by Crippen LogP contribution is -2.03. The second-order valence-corrected chi connectivity index (χ2v) is 3.51. The van der Waals surface area contributed by atoms with Crippen LogP contribution in [0.25, 0.3) is 10.9 Å². The number of rotatable bonds is 3. The molecule has 2 aromatic rings. The smallest absolute Gasteiger partial charge is 0.305 e. The Morgan fingerprint density at radius 3 is 2.94 bits per heavy atom. The number of esters is 1. The van der Waals surface area contributed by atoms with Crippen molar-refractivity contribution in [1.82, 2.24) is 4.98 Å². The zero-order valence-electron chi connectivity index (χ0n) is 9.14. The van der Waals surface area contributed by atoms with E-state index in [1.807, 2.05) is 30.3 Å². The second kappa shape index (κ2) is 4.75. The average Bonchev–Trinajstić information content (AvgIpc) is 2.35. The highest BCUT2D eigenvalue weighted by Gasteiger charge is 2.04. The maximum Gasteiger partial charge on any atom is 0.305 e. The summed E-state index contributed by atoms with van der Waals surface area (Å²) in [4.78, 5) is 15.4. The summed E-state index contributed by atoms with van der Waals surface area (Å²) in [6.45, 7) is 2.07. The van der Waals surface area contributed by atoms with Crippen molar-refractivity contribution in [3.63, 3.8) is 0 Å². The fourth-order valence-electron chi connectivity index (χ4n) is 1.54. The Balaban J connectivity index is 2.27. The zero-order valence-corrected chi connectivity index (χ0v) is 9.14. The van der Waals surface area contributed by atoms with Crippen molar-refractivity contribution >= 4 is 16.9 Å². The molecule has 0 fully saturated rings. The molecule has 0 atom stereocenters. The number of benzene rings is 1. The van der Waals surface area contributed by atoms with Crippen molar-refractivity contribution in [3.05, 3.63) is 42.1 Å². The minimum atomic E-state index is -0.187. The van der Waals surface area contributed by atoms with Gasteiger partial charge < -0.3 is 4.74 Å². The van der Waals surface area contributed by atoms with Crippen molar-refractivity contribution in [1.29, 1.82) is 0 Å². The van der Waals surface area contributed by atoms with Gasteiger partial charge in [0.25, 0.3) is 0 Å². The van der Waals surface area contributed by atoms with Crippen LogP contribution in [0.4, 0.5) is 0 Å². The van der Waals surface area contributed by atoms with Crippen LogP contribution in [0.1, 0.15) is 18.9 Å². The van der Waals surface area contributed by atoms with Crippen LogP contribution in [0.3, 0.4) is 0 Å². The van der Waals surface area contributed by atoms with Gasteiger partial charge in [-0.3, -0.25) is 9.78 Å². The molecule has 0 radical (unpaired) electrons. The number of pyridine rings is 1. The number of nitrogens with zero attached hydrogens (tertiary/aromatic N) is 1. The van der Waals surface area contributed by atoms with Crippen molar-refractivity contribution in [2.75, 3.05) is 0 Å². The minimum Gasteiger partial charge on any atom is -0.461 e. The molecule has 3 nitrogen and oxygen atoms in total. The first-order chi connectivity index (χ1) is 7.81. The molecule has 0 unspecified atom stereocenters. The first-order valence-corrected chi connectivity index (χ1v) is 5.29. The first-order valence-electron chi connectivity index (χ1n) is 5.29. The lowest BCUT2D eigenvalue weighted by molar-refractivity contribution is -0.144. The molecule has 2 rings (SSSR count). The van der Waals surface area contributed by atoms with E-state index in [1.165, 1.54) is 0 Å². The van der Waals surface area contributed by atoms with Gasteiger partial charge in [-0.25, -0.2) is 0 Å². The predicted molar refractivity (Wildman–Crippen MR) is 61.8 cm³/mol. The molecule has 1 heterocycles. The Morgan fingerprint density at radius 1 is 1.31 bits per heavy atom. The number of carbonyl (C=O) groups is 1. The largest absolute Gasteiger partial charge is 0.461 e. The Bertz CT molecular complexity index is 503. The van der Waals surface area contributed by atoms with Gasteiger partial charge in [0, 0.05) is 23.6 Å². The Hall–Kier alpha value is -1.90. The normalized spacial score (nSPS) is 10.3. The number of para-hydroxylation sites is 1. The van der Waals surface area contributed by atoms with Gasteiger partial charge in [0.15, 0.2) is 0 Å². The Kier molecular flexibility index (Phi) is 3.15. The lowest BCUT2D eigenvalue weighted by Gasteiger charge is -2.06. The highest BCUT2D eigenvalue weighted by Crippen LogP contribution is 2.16. The van der Waals surface area contributed by atoms with Crippen LogP contribution in [-0.4, -0.2) is 11.0 Å². The van der Waals surface area contributed by atoms with Crippen LogP contribution in [-0.2, 0) is 16.1 Å². The summed E-state index contributed by atoms with van der Waals surface area (Å²) >= 11 is 0. The number of carbonyl (C=O) groups excluding carboxylic acids is 1. The van der Waals surface area contributed by atoms with Crippen LogP contribution >= 0.6 is 0 Å². The summed E-state index contributed by atoms with van der Waals surface area (Å²) in [5.74, 6) is -0.187. The highest BCUT2D eigenvalue weighted by atomic mass is 16.5. The number of hydrogen-bond donors (Lipinski definition) is 0. The van der Waals surface area contributed by atoms with Gasteiger partial charge in [0.05, 0.1) is 5.52 Å². The molecular weight excluding hydrogens is 202 g/mol. The second-order valence-electron chi connectivity index (χ2n) is 3.51. The maximum atomic E-state index is 11.1. The fraction of sp³-hybridized carbons (Fsp3) is 0.231. The molecule has 82 valence electrons. The third-order valence-corrected chi connectivity index (χ3v) is 2.39. The molecule has 0 spiro atoms. The predicted octanol–water partition coefficient (Wildman–Crippen LogP) is 2.69. The van der Waals surface area contributed by atoms with E-state index in [0.29, 0.717) is 13.0 Å². The number of fused-ring (bicyclic) bond motifs is 1. The summed E-state index contributed by atoms with van der Waals surface area (Å²) in [5.41, 5.74) is 1.84. The van der Waals surface area contributed by atoms with Crippen LogP contribution < -0.4 is 0 Å². The molecule has 1 aromatic heterocycles. The molecule has 0 bridgehead atoms. The zero-order chi connectivity index (χ0) is 11.4. The van der Waals surface area contributed by atoms with E-state index in [0.717, 1.165) is 16.5 Å². The molecule has 16 heavy (non-hydrogen) atoms. The van der Waals surface area contributed by atoms with Crippen molar-refractivity contribution < 1.29 is 9.53 Å². The standard InChI is InChI=1S/C13H13NO2/c1-2-12(15)16-9-11-6-3-5-10-7-4-8-14-13(10)11/h3-8H,2,9H2,1H3. The highest BCUT2D eigenvalue weighted by molar-refractivity contribution is 5.81. The molecule has 0 aliphatic rings. The lowest BCUT2D eigenvalue weighted by atomic mass is 10.1. The molecule has 0 amide bonds. The third-order valence-electron chi connectivity index (χ3n) is 2.39. The Labute approximate surface area is 94.1 Å². The number of hydrogen-bond acceptors (Lipinski definition) is 3. The van der Waals surface area contributed by atoms with Gasteiger partial charge in [0.1, 0.15) is 6.61 Å². The third kappa shape index (κ3) is 2.19. The summed E-state index contributed by atoms with van der Waals surface area (Å²) in [6, 6.07) is 9.75. The van der Waals surface area contributed by atoms with E-state index < -0.39 is 0 Å². The van der Waals surface area contributed by atoms with E-state index in [-0.39, 0.29) is 5.97 Å². The van der Waals surface area contributed by atoms with Crippen molar-refractivity contribution in [2.45, 2.75) is 20.0 Å². The van der Waals surface area contributed by atoms with Gasteiger partial charge in [-0.2, -0.15) is 0 Å². The molecule has 0 saturated carbocycles. The SMILES string of the molecule is CCC(=O)OCc1cccc2cccnc12. The van der Waals surface area contributed by atoms with Crippen LogP contribution in [0.5, 0.6) is 0 Å². The van der Waals surface area contributed by atoms with Gasteiger partial charge in [0.2, 0.25) is 0 Å². The van der Waals surface area contributed by atoms with E-state index in [9.17, 15) is 4.79 Å². The quantitative estimate of drug-likeness (QED) is 0.739. The van der Waals surface area contributed by atoms with Gasteiger partial charge in [-0.15, -0.1) is 0 Å². The first kappa shape index (κ1) is 10.6. The molecule has 0 aliphatic heterocycles. The summed E-state index contributed by atoms with van der Waals surface area (Å²) in [7, 11) is 0. The van der Waals surface area contributed by atoms with Gasteiger partial charge in [-0.05, 0) is 6.07 Å². The van der Waals surface area contributed by atoms with Crippen LogP contribution in [0.15, 0.2) is 36.5 Å². The van der Waals surface area contributed by atoms with Crippen LogP contribution in [0.2, 0.25) is 0 Å². The average molecular weight is 215 g/mol. The monoisotopic (exact) mass is 215 g/mol. The minimum absolute atomic E-state index is 0.187. The van der Waals surface area contributed by atoms with E-state index in [4.69, 9.17) is 4.74 Å². The molecule has 1 aromatic carbocycles. The molecule has 3 heteroatoms. The van der Waals surface area contributed by atoms with Crippen LogP contribution in [0, 0.1) is 0 Å². The Morgan fingerprint density at radius 2 is 2.12 bits per heavy atom. The van der Waals surface area contributed by atoms with E-state index in [1.54, 1.807) is 13.1 Å². The topological polar surface area (TPSA) is 39.2 Å². The molecular formula is C13H13NO2. The van der Waals surface area contributed by atoms with Crippen molar-refractivity contribution in [2.24, 2.45) is 0 Å². The van der Waals surface area contributed by atoms with Gasteiger partial charge >= 0.3 is 5.97 Å². The van der Waals surface area contributed by atoms with E-state index >= 15 is 0 Å². The maximum absolute atomic E-state index is 11.1. The molecule has 0 N–H and O–H groups in total. The number of ether oxygens (including phenoxy) is 1. The van der Waals surface area contributed by atoms with E-state index in [2.05, 4.69) is 4.98 Å². The van der Waals surface area contributed by atoms with Crippen molar-refractivity contribution in [3.8, 4) is 0 Å². The summed E-state index contributed by atoms with van der Waals surface area (Å²) < 4.78 is 5.11. The fourth-order valence-corrected chi connectivity index (χ4v) is 1.54. The number of aromatic nitrogens is 1. The molecule has 0 saturated heterocycles. The summed E-state index contributed by atoms with van der Waals surface area (Å²) in [6.07, 6.45) is 2.14. The van der Waals surface area contributed by atoms with Gasteiger partial charge in [-0.1, -0.05) is 31.2 Å².